The molecule has 0 aliphatic carbocycles. The Morgan fingerprint density at radius 3 is 2.26 bits per heavy atom. The van der Waals surface area contributed by atoms with Crippen LogP contribution >= 0.6 is 0 Å². The monoisotopic (exact) mass is 401 g/mol. The van der Waals surface area contributed by atoms with Gasteiger partial charge >= 0.3 is 11.9 Å². The standard InChI is InChI=1S/C18H28FNO6Si/c1-7-18(12-16(22)25-3,26-27(4,5)6)14-10-11-20(19)17(23)13(14)8-9-15(21)24-2/h10-11H,7-9,12H2,1-6H3. The highest BCUT2D eigenvalue weighted by atomic mass is 28.4. The molecule has 0 radical (unpaired) electrons. The Morgan fingerprint density at radius 1 is 1.19 bits per heavy atom. The lowest BCUT2D eigenvalue weighted by Gasteiger charge is -2.39. The summed E-state index contributed by atoms with van der Waals surface area (Å²) in [4.78, 5) is 36.1. The number of aromatic nitrogens is 1. The van der Waals surface area contributed by atoms with Gasteiger partial charge in [-0.05, 0) is 44.1 Å². The molecule has 9 heteroatoms. The average Bonchev–Trinajstić information content (AvgIpc) is 2.60. The van der Waals surface area contributed by atoms with Gasteiger partial charge in [-0.1, -0.05) is 11.4 Å². The van der Waals surface area contributed by atoms with E-state index in [9.17, 15) is 18.9 Å². The van der Waals surface area contributed by atoms with Gasteiger partial charge in [0.25, 0.3) is 5.56 Å². The van der Waals surface area contributed by atoms with E-state index in [-0.39, 0.29) is 29.6 Å². The third kappa shape index (κ3) is 6.00. The van der Waals surface area contributed by atoms with E-state index in [1.807, 2.05) is 26.6 Å². The predicted molar refractivity (Wildman–Crippen MR) is 101 cm³/mol. The molecule has 0 fully saturated rings. The lowest BCUT2D eigenvalue weighted by molar-refractivity contribution is -0.146. The number of methoxy groups -OCH3 is 2. The zero-order chi connectivity index (χ0) is 20.8. The lowest BCUT2D eigenvalue weighted by Crippen LogP contribution is -2.44. The molecule has 27 heavy (non-hydrogen) atoms. The fourth-order valence-corrected chi connectivity index (χ4v) is 4.51. The van der Waals surface area contributed by atoms with Crippen LogP contribution in [0.5, 0.6) is 0 Å². The molecule has 0 saturated heterocycles. The van der Waals surface area contributed by atoms with Crippen molar-refractivity contribution in [1.29, 1.82) is 0 Å². The van der Waals surface area contributed by atoms with Gasteiger partial charge in [-0.2, -0.15) is 0 Å². The number of rotatable bonds is 9. The average molecular weight is 402 g/mol. The molecule has 0 aliphatic rings. The van der Waals surface area contributed by atoms with Gasteiger partial charge < -0.3 is 13.9 Å². The molecule has 1 atom stereocenters. The molecule has 0 saturated carbocycles. The van der Waals surface area contributed by atoms with Crippen LogP contribution in [0.2, 0.25) is 19.6 Å². The summed E-state index contributed by atoms with van der Waals surface area (Å²) in [5.41, 5.74) is -1.52. The second-order valence-electron chi connectivity index (χ2n) is 7.22. The van der Waals surface area contributed by atoms with Crippen LogP contribution in [0.15, 0.2) is 17.1 Å². The van der Waals surface area contributed by atoms with Crippen molar-refractivity contribution >= 4 is 20.3 Å². The summed E-state index contributed by atoms with van der Waals surface area (Å²) >= 11 is 0. The fourth-order valence-electron chi connectivity index (χ4n) is 3.02. The van der Waals surface area contributed by atoms with E-state index >= 15 is 0 Å². The van der Waals surface area contributed by atoms with Crippen LogP contribution in [0.4, 0.5) is 4.48 Å². The quantitative estimate of drug-likeness (QED) is 0.467. The summed E-state index contributed by atoms with van der Waals surface area (Å²) in [7, 11) is 0.329. The summed E-state index contributed by atoms with van der Waals surface area (Å²) in [5.74, 6) is -1.02. The number of esters is 2. The van der Waals surface area contributed by atoms with Crippen LogP contribution in [0.3, 0.4) is 0 Å². The van der Waals surface area contributed by atoms with E-state index in [1.165, 1.54) is 20.3 Å². The molecule has 0 aromatic carbocycles. The largest absolute Gasteiger partial charge is 0.469 e. The maximum atomic E-state index is 13.9. The van der Waals surface area contributed by atoms with Gasteiger partial charge in [0, 0.05) is 18.2 Å². The molecule has 1 aromatic heterocycles. The van der Waals surface area contributed by atoms with Gasteiger partial charge in [0.15, 0.2) is 8.32 Å². The summed E-state index contributed by atoms with van der Waals surface area (Å²) in [6.45, 7) is 7.70. The molecular weight excluding hydrogens is 373 g/mol. The molecule has 7 nitrogen and oxygen atoms in total. The van der Waals surface area contributed by atoms with Crippen LogP contribution in [0, 0.1) is 0 Å². The molecule has 0 aliphatic heterocycles. The predicted octanol–water partition coefficient (Wildman–Crippen LogP) is 2.71. The normalized spacial score (nSPS) is 13.7. The van der Waals surface area contributed by atoms with Crippen molar-refractivity contribution in [2.45, 2.75) is 57.8 Å². The Balaban J connectivity index is 3.59. The van der Waals surface area contributed by atoms with Gasteiger partial charge in [-0.25, -0.2) is 0 Å². The first-order valence-corrected chi connectivity index (χ1v) is 12.2. The Hall–Kier alpha value is -2.00. The molecule has 0 N–H and O–H groups in total. The Kier molecular flexibility index (Phi) is 7.91. The van der Waals surface area contributed by atoms with E-state index in [0.717, 1.165) is 6.20 Å². The second kappa shape index (κ2) is 9.27. The number of ether oxygens (including phenoxy) is 2. The SMILES string of the molecule is CCC(CC(=O)OC)(O[Si](C)(C)C)c1ccn(F)c(=O)c1CCC(=O)OC. The Morgan fingerprint density at radius 2 is 1.78 bits per heavy atom. The van der Waals surface area contributed by atoms with Gasteiger partial charge in [-0.3, -0.25) is 14.4 Å². The van der Waals surface area contributed by atoms with Crippen LogP contribution in [-0.2, 0) is 35.5 Å². The van der Waals surface area contributed by atoms with Crippen molar-refractivity contribution in [3.05, 3.63) is 33.7 Å². The number of carbonyl (C=O) groups is 2. The van der Waals surface area contributed by atoms with Gasteiger partial charge in [-0.15, -0.1) is 4.79 Å². The number of nitrogens with zero attached hydrogens (tertiary/aromatic N) is 1. The minimum Gasteiger partial charge on any atom is -0.469 e. The van der Waals surface area contributed by atoms with Crippen LogP contribution in [0.25, 0.3) is 0 Å². The molecule has 1 unspecified atom stereocenters. The first-order valence-electron chi connectivity index (χ1n) is 8.74. The summed E-state index contributed by atoms with van der Waals surface area (Å²) in [6.07, 6.45) is 1.13. The first-order chi connectivity index (χ1) is 12.5. The number of hydrogen-bond acceptors (Lipinski definition) is 6. The van der Waals surface area contributed by atoms with Crippen LogP contribution in [-0.4, -0.2) is 39.3 Å². The third-order valence-electron chi connectivity index (χ3n) is 4.18. The highest BCUT2D eigenvalue weighted by Gasteiger charge is 2.41. The number of hydrogen-bond donors (Lipinski definition) is 0. The molecule has 1 aromatic rings. The highest BCUT2D eigenvalue weighted by Crippen LogP contribution is 2.38. The van der Waals surface area contributed by atoms with Crippen LogP contribution < -0.4 is 5.56 Å². The fraction of sp³-hybridized carbons (Fsp3) is 0.611. The van der Waals surface area contributed by atoms with Gasteiger partial charge in [0.05, 0.1) is 26.2 Å². The van der Waals surface area contributed by atoms with E-state index in [4.69, 9.17) is 9.16 Å². The Labute approximate surface area is 159 Å². The molecule has 1 heterocycles. The van der Waals surface area contributed by atoms with Crippen molar-refractivity contribution in [1.82, 2.24) is 4.79 Å². The molecule has 152 valence electrons. The smallest absolute Gasteiger partial charge is 0.308 e. The van der Waals surface area contributed by atoms with E-state index in [2.05, 4.69) is 4.74 Å². The summed E-state index contributed by atoms with van der Waals surface area (Å²) < 4.78 is 29.7. The Bertz CT molecular complexity index is 742. The zero-order valence-electron chi connectivity index (χ0n) is 16.8. The van der Waals surface area contributed by atoms with Gasteiger partial charge in [0.1, 0.15) is 0 Å². The minimum absolute atomic E-state index is 0.0242. The van der Waals surface area contributed by atoms with Crippen molar-refractivity contribution < 1.29 is 28.0 Å². The molecule has 1 rings (SSSR count). The maximum Gasteiger partial charge on any atom is 0.308 e. The van der Waals surface area contributed by atoms with Crippen molar-refractivity contribution in [3.8, 4) is 0 Å². The van der Waals surface area contributed by atoms with E-state index in [1.54, 1.807) is 0 Å². The molecule has 0 amide bonds. The van der Waals surface area contributed by atoms with E-state index < -0.39 is 31.4 Å². The summed E-state index contributed by atoms with van der Waals surface area (Å²) in [6, 6.07) is 1.43. The highest BCUT2D eigenvalue weighted by molar-refractivity contribution is 6.69. The van der Waals surface area contributed by atoms with Crippen LogP contribution in [0.1, 0.15) is 37.3 Å². The summed E-state index contributed by atoms with van der Waals surface area (Å²) in [5, 5.41) is 0. The number of carbonyl (C=O) groups excluding carboxylic acids is 2. The molecule has 0 bridgehead atoms. The van der Waals surface area contributed by atoms with E-state index in [0.29, 0.717) is 12.0 Å². The second-order valence-corrected chi connectivity index (χ2v) is 11.6. The first kappa shape index (κ1) is 23.0. The number of pyridine rings is 1. The van der Waals surface area contributed by atoms with Crippen molar-refractivity contribution in [2.24, 2.45) is 0 Å². The van der Waals surface area contributed by atoms with Gasteiger partial charge in [0.2, 0.25) is 0 Å². The van der Waals surface area contributed by atoms with Crippen molar-refractivity contribution in [3.63, 3.8) is 0 Å². The topological polar surface area (TPSA) is 83.8 Å². The number of halogens is 1. The minimum atomic E-state index is -2.18. The third-order valence-corrected chi connectivity index (χ3v) is 5.18. The zero-order valence-corrected chi connectivity index (χ0v) is 17.8. The lowest BCUT2D eigenvalue weighted by atomic mass is 9.84. The molecule has 0 spiro atoms. The molecular formula is C18H28FNO6Si. The van der Waals surface area contributed by atoms with Crippen molar-refractivity contribution in [2.75, 3.05) is 14.2 Å². The maximum absolute atomic E-state index is 13.9.